The molecule has 0 saturated carbocycles. The molecule has 3 N–H and O–H groups in total. The van der Waals surface area contributed by atoms with Crippen LogP contribution in [0.1, 0.15) is 46.8 Å². The van der Waals surface area contributed by atoms with E-state index in [4.69, 9.17) is 9.40 Å². The first-order chi connectivity index (χ1) is 19.5. The van der Waals surface area contributed by atoms with E-state index in [-0.39, 0.29) is 29.7 Å². The zero-order chi connectivity index (χ0) is 27.4. The number of hydrogen-bond donors (Lipinski definition) is 3. The summed E-state index contributed by atoms with van der Waals surface area (Å²) in [5.74, 6) is 0.0359. The van der Waals surface area contributed by atoms with Gasteiger partial charge in [0, 0.05) is 18.7 Å². The third-order valence-electron chi connectivity index (χ3n) is 8.01. The molecule has 9 nitrogen and oxygen atoms in total. The van der Waals surface area contributed by atoms with E-state index in [9.17, 15) is 14.4 Å². The fourth-order valence-electron chi connectivity index (χ4n) is 6.11. The number of piperidine rings is 1. The maximum absolute atomic E-state index is 13.5. The highest BCUT2D eigenvalue weighted by atomic mass is 19.1. The lowest BCUT2D eigenvalue weighted by Gasteiger charge is -2.47. The lowest BCUT2D eigenvalue weighted by Crippen LogP contribution is -2.61. The zero-order valence-electron chi connectivity index (χ0n) is 21.4. The first kappa shape index (κ1) is 24.1. The first-order valence-electron chi connectivity index (χ1n) is 13.0. The number of fused-ring (bicyclic) bond motifs is 3. The van der Waals surface area contributed by atoms with Crippen molar-refractivity contribution in [3.8, 4) is 17.3 Å². The highest BCUT2D eigenvalue weighted by Crippen LogP contribution is 2.53. The minimum absolute atomic E-state index is 0.00442. The summed E-state index contributed by atoms with van der Waals surface area (Å²) >= 11 is 0. The van der Waals surface area contributed by atoms with E-state index in [1.54, 1.807) is 37.5 Å². The molecule has 0 radical (unpaired) electrons. The van der Waals surface area contributed by atoms with Crippen LogP contribution < -0.4 is 16.4 Å². The van der Waals surface area contributed by atoms with Crippen LogP contribution >= 0.6 is 0 Å². The van der Waals surface area contributed by atoms with Crippen LogP contribution in [0.25, 0.3) is 11.3 Å². The van der Waals surface area contributed by atoms with Gasteiger partial charge in [-0.1, -0.05) is 30.3 Å². The monoisotopic (exact) mass is 533 g/mol. The van der Waals surface area contributed by atoms with Crippen LogP contribution in [0.2, 0.25) is 0 Å². The van der Waals surface area contributed by atoms with Crippen molar-refractivity contribution in [2.24, 2.45) is 7.05 Å². The Balaban J connectivity index is 1.41. The van der Waals surface area contributed by atoms with Crippen LogP contribution in [-0.4, -0.2) is 25.8 Å². The average Bonchev–Trinajstić information content (AvgIpc) is 3.71. The lowest BCUT2D eigenvalue weighted by atomic mass is 9.70. The Kier molecular flexibility index (Phi) is 5.43. The number of hydrogen-bond acceptors (Lipinski definition) is 7. The minimum Gasteiger partial charge on any atom is -0.390 e. The van der Waals surface area contributed by atoms with Crippen LogP contribution in [0.4, 0.5) is 10.1 Å². The van der Waals surface area contributed by atoms with Crippen molar-refractivity contribution in [3.63, 3.8) is 0 Å². The van der Waals surface area contributed by atoms with Crippen molar-refractivity contribution < 1.29 is 8.81 Å². The smallest absolute Gasteiger partial charge is 0.390 e. The SMILES string of the molecule is Cn1nc(C2(c3ccc(C#N)cc3)N[C@@H](c3ncc(-c4ccc(F)cc4)[nH]3)CC3c4ccccc4NC32)oc1=O. The molecule has 0 bridgehead atoms. The van der Waals surface area contributed by atoms with Crippen LogP contribution in [-0.2, 0) is 12.6 Å². The number of anilines is 1. The molecule has 3 aromatic carbocycles. The largest absolute Gasteiger partial charge is 0.436 e. The summed E-state index contributed by atoms with van der Waals surface area (Å²) in [6, 6.07) is 23.3. The maximum Gasteiger partial charge on any atom is 0.436 e. The van der Waals surface area contributed by atoms with Gasteiger partial charge in [-0.25, -0.2) is 14.2 Å². The van der Waals surface area contributed by atoms with Gasteiger partial charge in [0.1, 0.15) is 17.2 Å². The zero-order valence-corrected chi connectivity index (χ0v) is 21.4. The summed E-state index contributed by atoms with van der Waals surface area (Å²) in [6.45, 7) is 0. The topological polar surface area (TPSA) is 125 Å². The number of aromatic amines is 1. The molecule has 7 rings (SSSR count). The van der Waals surface area contributed by atoms with Gasteiger partial charge in [0.15, 0.2) is 0 Å². The van der Waals surface area contributed by atoms with E-state index in [0.29, 0.717) is 17.8 Å². The Morgan fingerprint density at radius 1 is 1.10 bits per heavy atom. The third-order valence-corrected chi connectivity index (χ3v) is 8.01. The molecular formula is C30H24FN7O2. The molecule has 2 aliphatic heterocycles. The number of rotatable bonds is 4. The van der Waals surface area contributed by atoms with Gasteiger partial charge < -0.3 is 14.7 Å². The molecular weight excluding hydrogens is 509 g/mol. The second-order valence-corrected chi connectivity index (χ2v) is 10.2. The molecule has 5 aromatic rings. The van der Waals surface area contributed by atoms with E-state index in [0.717, 1.165) is 28.1 Å². The first-order valence-corrected chi connectivity index (χ1v) is 13.0. The predicted octanol–water partition coefficient (Wildman–Crippen LogP) is 4.33. The van der Waals surface area contributed by atoms with Gasteiger partial charge >= 0.3 is 5.76 Å². The van der Waals surface area contributed by atoms with Gasteiger partial charge in [-0.3, -0.25) is 5.32 Å². The number of imidazole rings is 1. The van der Waals surface area contributed by atoms with E-state index >= 15 is 0 Å². The highest BCUT2D eigenvalue weighted by Gasteiger charge is 2.57. The Bertz CT molecular complexity index is 1820. The molecule has 2 aliphatic rings. The van der Waals surface area contributed by atoms with Crippen molar-refractivity contribution >= 4 is 5.69 Å². The second-order valence-electron chi connectivity index (χ2n) is 10.2. The molecule has 0 amide bonds. The quantitative estimate of drug-likeness (QED) is 0.314. The van der Waals surface area contributed by atoms with Crippen LogP contribution in [0.3, 0.4) is 0 Å². The highest BCUT2D eigenvalue weighted by molar-refractivity contribution is 5.63. The fourth-order valence-corrected chi connectivity index (χ4v) is 6.11. The van der Waals surface area contributed by atoms with Crippen molar-refractivity contribution in [3.05, 3.63) is 124 Å². The number of H-pyrrole nitrogens is 1. The molecule has 2 aromatic heterocycles. The fraction of sp³-hybridized carbons (Fsp3) is 0.200. The Hall–Kier alpha value is -5.01. The van der Waals surface area contributed by atoms with Crippen LogP contribution in [0.5, 0.6) is 0 Å². The molecule has 40 heavy (non-hydrogen) atoms. The number of benzene rings is 3. The molecule has 3 unspecified atom stereocenters. The molecule has 4 heterocycles. The van der Waals surface area contributed by atoms with Crippen molar-refractivity contribution in [1.82, 2.24) is 25.1 Å². The molecule has 198 valence electrons. The van der Waals surface area contributed by atoms with Crippen LogP contribution in [0.15, 0.2) is 88.2 Å². The number of halogens is 1. The normalized spacial score (nSPS) is 23.2. The summed E-state index contributed by atoms with van der Waals surface area (Å²) in [5, 5.41) is 21.4. The Labute approximate surface area is 228 Å². The third kappa shape index (κ3) is 3.66. The number of nitrogens with zero attached hydrogens (tertiary/aromatic N) is 4. The minimum atomic E-state index is -1.09. The standard InChI is InChI=1S/C30H24FN7O2/c1-38-29(39)40-28(37-38)30(19-10-6-17(15-32)7-11-19)26-22(21-4-2-3-5-23(21)34-26)14-24(36-30)27-33-16-25(35-27)18-8-12-20(31)13-9-18/h2-13,16,22,24,26,34,36H,14H2,1H3,(H,33,35)/t22?,24-,26?,30?/m1/s1. The predicted molar refractivity (Wildman–Crippen MR) is 145 cm³/mol. The number of para-hydroxylation sites is 1. The van der Waals surface area contributed by atoms with E-state index in [1.807, 2.05) is 30.3 Å². The number of aryl methyl sites for hydroxylation is 1. The molecule has 0 spiro atoms. The molecule has 1 saturated heterocycles. The van der Waals surface area contributed by atoms with Crippen molar-refractivity contribution in [2.45, 2.75) is 30.0 Å². The Morgan fingerprint density at radius 2 is 1.88 bits per heavy atom. The molecule has 10 heteroatoms. The number of nitriles is 1. The van der Waals surface area contributed by atoms with Gasteiger partial charge in [-0.05, 0) is 65.6 Å². The van der Waals surface area contributed by atoms with Crippen LogP contribution in [0, 0.1) is 17.1 Å². The summed E-state index contributed by atoms with van der Waals surface area (Å²) in [6.07, 6.45) is 2.43. The van der Waals surface area contributed by atoms with Gasteiger partial charge in [-0.2, -0.15) is 9.94 Å². The van der Waals surface area contributed by atoms with Crippen molar-refractivity contribution in [1.29, 1.82) is 5.26 Å². The van der Waals surface area contributed by atoms with E-state index in [1.165, 1.54) is 16.8 Å². The lowest BCUT2D eigenvalue weighted by molar-refractivity contribution is 0.167. The van der Waals surface area contributed by atoms with E-state index in [2.05, 4.69) is 32.9 Å². The second kappa shape index (κ2) is 9.03. The van der Waals surface area contributed by atoms with Gasteiger partial charge in [0.05, 0.1) is 35.6 Å². The summed E-state index contributed by atoms with van der Waals surface area (Å²) in [7, 11) is 1.55. The summed E-state index contributed by atoms with van der Waals surface area (Å²) < 4.78 is 20.5. The maximum atomic E-state index is 13.5. The molecule has 1 fully saturated rings. The number of aromatic nitrogens is 4. The molecule has 4 atom stereocenters. The van der Waals surface area contributed by atoms with Gasteiger partial charge in [0.2, 0.25) is 5.89 Å². The molecule has 0 aliphatic carbocycles. The van der Waals surface area contributed by atoms with Gasteiger partial charge in [0.25, 0.3) is 0 Å². The van der Waals surface area contributed by atoms with E-state index < -0.39 is 11.3 Å². The number of nitrogens with one attached hydrogen (secondary N) is 3. The Morgan fingerprint density at radius 3 is 2.60 bits per heavy atom. The van der Waals surface area contributed by atoms with Gasteiger partial charge in [-0.15, -0.1) is 5.10 Å². The summed E-state index contributed by atoms with van der Waals surface area (Å²) in [5.41, 5.74) is 3.95. The summed E-state index contributed by atoms with van der Waals surface area (Å²) in [4.78, 5) is 20.7. The van der Waals surface area contributed by atoms with Crippen molar-refractivity contribution in [2.75, 3.05) is 5.32 Å². The average molecular weight is 534 g/mol.